The van der Waals surface area contributed by atoms with Gasteiger partial charge in [-0.25, -0.2) is 0 Å². The topological polar surface area (TPSA) is 94.8 Å². The van der Waals surface area contributed by atoms with Crippen molar-refractivity contribution in [3.05, 3.63) is 0 Å². The van der Waals surface area contributed by atoms with E-state index in [1.54, 1.807) is 0 Å². The first-order chi connectivity index (χ1) is 6.47. The van der Waals surface area contributed by atoms with Crippen LogP contribution >= 0.6 is 12.8 Å². The number of halogens is 2. The fourth-order valence-corrected chi connectivity index (χ4v) is 0.300. The summed E-state index contributed by atoms with van der Waals surface area (Å²) in [6, 6.07) is 0. The molecule has 0 aromatic rings. The van der Waals surface area contributed by atoms with Crippen LogP contribution in [-0.4, -0.2) is 92.2 Å². The van der Waals surface area contributed by atoms with E-state index in [4.69, 9.17) is 35.4 Å². The summed E-state index contributed by atoms with van der Waals surface area (Å²) < 4.78 is 32.4. The molecule has 15 heavy (non-hydrogen) atoms. The maximum atomic E-state index is 8.74. The van der Waals surface area contributed by atoms with Crippen molar-refractivity contribution in [3.8, 4) is 0 Å². The zero-order valence-electron chi connectivity index (χ0n) is 8.89. The Hall–Kier alpha value is 1.63. The SMILES string of the molecule is C[N+](C)(C)CCO.O=S(=O)(O)O.[Cl][Ca][Cl]. The monoisotopic (exact) mass is 312 g/mol. The van der Waals surface area contributed by atoms with Crippen LogP contribution in [0.25, 0.3) is 0 Å². The molecule has 0 saturated carbocycles. The van der Waals surface area contributed by atoms with Gasteiger partial charge in [0.05, 0.1) is 27.7 Å². The Morgan fingerprint density at radius 2 is 1.40 bits per heavy atom. The molecule has 0 aliphatic heterocycles. The van der Waals surface area contributed by atoms with Gasteiger partial charge in [-0.05, 0) is 0 Å². The van der Waals surface area contributed by atoms with Gasteiger partial charge in [-0.3, -0.25) is 9.11 Å². The molecule has 0 radical (unpaired) electrons. The number of aliphatic hydroxyl groups excluding tert-OH is 1. The molecule has 0 spiro atoms. The Bertz CT molecular complexity index is 210. The Kier molecular flexibility index (Phi) is 17.6. The van der Waals surface area contributed by atoms with Gasteiger partial charge in [-0.2, -0.15) is 8.42 Å². The van der Waals surface area contributed by atoms with Crippen LogP contribution in [0.1, 0.15) is 0 Å². The first-order valence-corrected chi connectivity index (χ1v) is 11.2. The zero-order chi connectivity index (χ0) is 13.1. The van der Waals surface area contributed by atoms with Crippen molar-refractivity contribution in [1.29, 1.82) is 0 Å². The molecule has 0 heterocycles. The van der Waals surface area contributed by atoms with Gasteiger partial charge in [0.1, 0.15) is 6.54 Å². The van der Waals surface area contributed by atoms with Crippen molar-refractivity contribution >= 4 is 54.0 Å². The number of rotatable bonds is 2. The molecule has 0 atom stereocenters. The predicted octanol–water partition coefficient (Wildman–Crippen LogP) is 0.0303. The first kappa shape index (κ1) is 21.9. The van der Waals surface area contributed by atoms with Crippen LogP contribution in [0.2, 0.25) is 0 Å². The number of quaternary nitrogens is 1. The maximum absolute atomic E-state index is 8.74. The molecule has 92 valence electrons. The molecule has 0 fully saturated rings. The molecule has 0 rings (SSSR count). The average Bonchev–Trinajstić information content (AvgIpc) is 1.80. The molecule has 6 nitrogen and oxygen atoms in total. The van der Waals surface area contributed by atoms with Gasteiger partial charge in [0.15, 0.2) is 0 Å². The molecule has 0 bridgehead atoms. The van der Waals surface area contributed by atoms with Gasteiger partial charge in [0.2, 0.25) is 0 Å². The van der Waals surface area contributed by atoms with Crippen LogP contribution in [0, 0.1) is 0 Å². The third-order valence-corrected chi connectivity index (χ3v) is 0.771. The van der Waals surface area contributed by atoms with E-state index >= 15 is 0 Å². The van der Waals surface area contributed by atoms with E-state index in [0.717, 1.165) is 11.0 Å². The first-order valence-electron chi connectivity index (χ1n) is 3.71. The molecule has 0 aromatic carbocycles. The second-order valence-electron chi connectivity index (χ2n) is 3.29. The summed E-state index contributed by atoms with van der Waals surface area (Å²) in [4.78, 5) is 0. The summed E-state index contributed by atoms with van der Waals surface area (Å²) in [5.41, 5.74) is 0. The van der Waals surface area contributed by atoms with E-state index in [0.29, 0.717) is 0 Å². The quantitative estimate of drug-likeness (QED) is 0.380. The fourth-order valence-electron chi connectivity index (χ4n) is 0.300. The third-order valence-electron chi connectivity index (χ3n) is 0.771. The van der Waals surface area contributed by atoms with E-state index in [1.165, 1.54) is 0 Å². The molecule has 0 unspecified atom stereocenters. The van der Waals surface area contributed by atoms with E-state index < -0.39 is 41.2 Å². The number of hydrogen-bond donors (Lipinski definition) is 3. The van der Waals surface area contributed by atoms with Gasteiger partial charge in [0, 0.05) is 0 Å². The van der Waals surface area contributed by atoms with Gasteiger partial charge < -0.3 is 9.59 Å². The van der Waals surface area contributed by atoms with Gasteiger partial charge in [-0.1, -0.05) is 0 Å². The summed E-state index contributed by atoms with van der Waals surface area (Å²) in [6.45, 7) is 1.11. The van der Waals surface area contributed by atoms with Crippen molar-refractivity contribution in [2.45, 2.75) is 0 Å². The van der Waals surface area contributed by atoms with Crippen LogP contribution < -0.4 is 0 Å². The Labute approximate surface area is 114 Å². The van der Waals surface area contributed by atoms with Crippen molar-refractivity contribution in [1.82, 2.24) is 0 Å². The van der Waals surface area contributed by atoms with E-state index in [9.17, 15) is 0 Å². The van der Waals surface area contributed by atoms with Crippen molar-refractivity contribution in [3.63, 3.8) is 0 Å². The number of hydrogen-bond acceptors (Lipinski definition) is 3. The molecule has 0 amide bonds. The minimum absolute atomic E-state index is 0.281. The van der Waals surface area contributed by atoms with Crippen LogP contribution in [-0.2, 0) is 10.4 Å². The summed E-state index contributed by atoms with van der Waals surface area (Å²) in [7, 11) is 1.49. The average molecular weight is 313 g/mol. The van der Waals surface area contributed by atoms with Crippen LogP contribution in [0.5, 0.6) is 0 Å². The second kappa shape index (κ2) is 12.1. The van der Waals surface area contributed by atoms with Gasteiger partial charge in [-0.15, -0.1) is 0 Å². The fraction of sp³-hybridized carbons (Fsp3) is 1.00. The van der Waals surface area contributed by atoms with Crippen LogP contribution in [0.15, 0.2) is 0 Å². The summed E-state index contributed by atoms with van der Waals surface area (Å²) in [5.74, 6) is 0. The normalized spacial score (nSPS) is 10.1. The Balaban J connectivity index is -0.000000158. The Morgan fingerprint density at radius 1 is 1.20 bits per heavy atom. The predicted molar refractivity (Wildman–Crippen MR) is 61.6 cm³/mol. The van der Waals surface area contributed by atoms with E-state index in [2.05, 4.69) is 21.1 Å². The third kappa shape index (κ3) is 91.6. The standard InChI is InChI=1S/C5H14NO.Ca.2ClH.H2O4S/c1-6(2,3)4-5-7;;;;1-5(2,3)4/h7H,4-5H2,1-3H3;;2*1H;(H2,1,2,3,4)/q+1;+2;;;/p-2. The number of nitrogens with zero attached hydrogens (tertiary/aromatic N) is 1. The second-order valence-corrected chi connectivity index (χ2v) is 7.83. The van der Waals surface area contributed by atoms with Crippen LogP contribution in [0.3, 0.4) is 0 Å². The molecule has 3 N–H and O–H groups in total. The van der Waals surface area contributed by atoms with E-state index in [-0.39, 0.29) is 6.61 Å². The molecular formula is C5H16CaCl2NO5S+. The zero-order valence-corrected chi connectivity index (χ0v) is 13.4. The molecule has 0 saturated heterocycles. The Morgan fingerprint density at radius 3 is 1.40 bits per heavy atom. The number of likely N-dealkylation sites (N-methyl/N-ethyl adjacent to an activating group) is 1. The van der Waals surface area contributed by atoms with Crippen molar-refractivity contribution in [2.24, 2.45) is 0 Å². The molecule has 0 aliphatic carbocycles. The minimum atomic E-state index is -4.67. The summed E-state index contributed by atoms with van der Waals surface area (Å²) in [6.07, 6.45) is 9.90. The molecule has 10 heteroatoms. The van der Waals surface area contributed by atoms with Crippen LogP contribution in [0.4, 0.5) is 0 Å². The van der Waals surface area contributed by atoms with E-state index in [1.807, 2.05) is 0 Å². The van der Waals surface area contributed by atoms with Gasteiger partial charge in [0.25, 0.3) is 0 Å². The van der Waals surface area contributed by atoms with Crippen molar-refractivity contribution < 1.29 is 27.1 Å². The molecule has 0 aliphatic rings. The van der Waals surface area contributed by atoms with Crippen molar-refractivity contribution in [2.75, 3.05) is 34.3 Å². The summed E-state index contributed by atoms with van der Waals surface area (Å²) in [5, 5.41) is 8.39. The molecule has 0 aromatic heterocycles. The summed E-state index contributed by atoms with van der Waals surface area (Å²) >= 11 is -0.931. The molecular weight excluding hydrogens is 297 g/mol. The van der Waals surface area contributed by atoms with Gasteiger partial charge >= 0.3 is 54.0 Å². The number of aliphatic hydroxyl groups is 1.